The first-order valence-corrected chi connectivity index (χ1v) is 11.3. The summed E-state index contributed by atoms with van der Waals surface area (Å²) in [5.74, 6) is 2.68. The highest BCUT2D eigenvalue weighted by molar-refractivity contribution is 8.00. The van der Waals surface area contributed by atoms with E-state index in [2.05, 4.69) is 4.90 Å². The average molecular weight is 420 g/mol. The van der Waals surface area contributed by atoms with Crippen molar-refractivity contribution in [1.82, 2.24) is 14.7 Å². The SMILES string of the molecule is COc1ccc([C@@H]2SCC(=O)N2CCN2CCN(C(=O)C3CC3)CC2)cc1OC. The van der Waals surface area contributed by atoms with Crippen LogP contribution < -0.4 is 9.47 Å². The second kappa shape index (κ2) is 8.83. The molecule has 0 unspecified atom stereocenters. The summed E-state index contributed by atoms with van der Waals surface area (Å²) in [6, 6.07) is 5.86. The third kappa shape index (κ3) is 4.48. The van der Waals surface area contributed by atoms with Crippen molar-refractivity contribution in [3.05, 3.63) is 23.8 Å². The van der Waals surface area contributed by atoms with Crippen LogP contribution in [0.15, 0.2) is 18.2 Å². The van der Waals surface area contributed by atoms with E-state index in [1.54, 1.807) is 26.0 Å². The fraction of sp³-hybridized carbons (Fsp3) is 0.619. The molecular weight excluding hydrogens is 390 g/mol. The fourth-order valence-corrected chi connectivity index (χ4v) is 5.22. The lowest BCUT2D eigenvalue weighted by molar-refractivity contribution is -0.134. The average Bonchev–Trinajstić information content (AvgIpc) is 3.54. The number of ether oxygens (including phenoxy) is 2. The largest absolute Gasteiger partial charge is 0.493 e. The minimum atomic E-state index is 0.0000366. The van der Waals surface area contributed by atoms with Crippen molar-refractivity contribution in [1.29, 1.82) is 0 Å². The van der Waals surface area contributed by atoms with Crippen LogP contribution >= 0.6 is 11.8 Å². The Hall–Kier alpha value is -1.93. The zero-order valence-electron chi connectivity index (χ0n) is 17.1. The Morgan fingerprint density at radius 3 is 2.45 bits per heavy atom. The van der Waals surface area contributed by atoms with Gasteiger partial charge in [-0.15, -0.1) is 11.8 Å². The number of benzene rings is 1. The molecule has 29 heavy (non-hydrogen) atoms. The first kappa shape index (κ1) is 20.3. The molecule has 0 bridgehead atoms. The van der Waals surface area contributed by atoms with Gasteiger partial charge in [0.25, 0.3) is 0 Å². The van der Waals surface area contributed by atoms with Gasteiger partial charge in [-0.3, -0.25) is 14.5 Å². The maximum absolute atomic E-state index is 12.5. The van der Waals surface area contributed by atoms with E-state index in [9.17, 15) is 9.59 Å². The van der Waals surface area contributed by atoms with Gasteiger partial charge in [-0.1, -0.05) is 6.07 Å². The zero-order valence-corrected chi connectivity index (χ0v) is 18.0. The molecule has 2 heterocycles. The summed E-state index contributed by atoms with van der Waals surface area (Å²) in [5.41, 5.74) is 1.05. The second-order valence-electron chi connectivity index (χ2n) is 7.81. The minimum absolute atomic E-state index is 0.0000366. The second-order valence-corrected chi connectivity index (χ2v) is 8.87. The Morgan fingerprint density at radius 1 is 1.07 bits per heavy atom. The van der Waals surface area contributed by atoms with Crippen LogP contribution in [0.2, 0.25) is 0 Å². The molecule has 1 saturated carbocycles. The van der Waals surface area contributed by atoms with Crippen LogP contribution in [0.4, 0.5) is 0 Å². The van der Waals surface area contributed by atoms with Gasteiger partial charge in [-0.25, -0.2) is 0 Å². The molecule has 0 aromatic heterocycles. The highest BCUT2D eigenvalue weighted by Gasteiger charge is 2.36. The first-order valence-electron chi connectivity index (χ1n) is 10.2. The van der Waals surface area contributed by atoms with E-state index in [-0.39, 0.29) is 11.3 Å². The lowest BCUT2D eigenvalue weighted by Crippen LogP contribution is -2.50. The molecule has 0 spiro atoms. The van der Waals surface area contributed by atoms with Crippen LogP contribution in [0.3, 0.4) is 0 Å². The van der Waals surface area contributed by atoms with Crippen LogP contribution in [0.25, 0.3) is 0 Å². The molecule has 1 aromatic rings. The Bertz CT molecular complexity index is 762. The van der Waals surface area contributed by atoms with Crippen molar-refractivity contribution in [2.45, 2.75) is 18.2 Å². The van der Waals surface area contributed by atoms with Gasteiger partial charge in [0.05, 0.1) is 20.0 Å². The van der Waals surface area contributed by atoms with Gasteiger partial charge < -0.3 is 19.3 Å². The maximum atomic E-state index is 12.5. The number of carbonyl (C=O) groups is 2. The number of carbonyl (C=O) groups excluding carboxylic acids is 2. The molecule has 2 saturated heterocycles. The predicted octanol–water partition coefficient (Wildman–Crippen LogP) is 1.83. The van der Waals surface area contributed by atoms with Crippen LogP contribution in [0.5, 0.6) is 11.5 Å². The lowest BCUT2D eigenvalue weighted by Gasteiger charge is -2.36. The summed E-state index contributed by atoms with van der Waals surface area (Å²) in [7, 11) is 3.25. The van der Waals surface area contributed by atoms with E-state index in [4.69, 9.17) is 9.47 Å². The molecule has 1 aliphatic carbocycles. The van der Waals surface area contributed by atoms with Crippen LogP contribution in [-0.4, -0.2) is 85.8 Å². The quantitative estimate of drug-likeness (QED) is 0.672. The van der Waals surface area contributed by atoms with Crippen molar-refractivity contribution in [3.63, 3.8) is 0 Å². The van der Waals surface area contributed by atoms with Gasteiger partial charge in [-0.05, 0) is 30.5 Å². The van der Waals surface area contributed by atoms with Gasteiger partial charge in [0, 0.05) is 45.2 Å². The monoisotopic (exact) mass is 419 g/mol. The van der Waals surface area contributed by atoms with Crippen molar-refractivity contribution in [2.24, 2.45) is 5.92 Å². The molecule has 3 fully saturated rings. The van der Waals surface area contributed by atoms with Crippen LogP contribution in [-0.2, 0) is 9.59 Å². The van der Waals surface area contributed by atoms with E-state index in [0.29, 0.717) is 35.6 Å². The molecule has 1 atom stereocenters. The topological polar surface area (TPSA) is 62.3 Å². The van der Waals surface area contributed by atoms with Crippen molar-refractivity contribution < 1.29 is 19.1 Å². The zero-order chi connectivity index (χ0) is 20.4. The summed E-state index contributed by atoms with van der Waals surface area (Å²) in [5, 5.41) is 0.0000366. The summed E-state index contributed by atoms with van der Waals surface area (Å²) >= 11 is 1.65. The standard InChI is InChI=1S/C21H29N3O4S/c1-27-17-6-5-16(13-18(17)28-2)21-24(19(25)14-29-21)12-9-22-7-10-23(11-8-22)20(26)15-3-4-15/h5-6,13,15,21H,3-4,7-12,14H2,1-2H3/t21-/m0/s1. The number of piperazine rings is 1. The van der Waals surface area contributed by atoms with E-state index in [1.165, 1.54) is 0 Å². The molecule has 7 nitrogen and oxygen atoms in total. The van der Waals surface area contributed by atoms with E-state index < -0.39 is 0 Å². The molecule has 2 aliphatic heterocycles. The Kier molecular flexibility index (Phi) is 6.20. The molecule has 0 radical (unpaired) electrons. The third-order valence-electron chi connectivity index (χ3n) is 5.93. The number of rotatable bonds is 7. The summed E-state index contributed by atoms with van der Waals surface area (Å²) in [6.45, 7) is 4.90. The van der Waals surface area contributed by atoms with Crippen LogP contribution in [0.1, 0.15) is 23.8 Å². The normalized spacial score (nSPS) is 22.8. The minimum Gasteiger partial charge on any atom is -0.493 e. The predicted molar refractivity (Wildman–Crippen MR) is 112 cm³/mol. The molecule has 1 aromatic carbocycles. The third-order valence-corrected chi connectivity index (χ3v) is 7.18. The van der Waals surface area contributed by atoms with Crippen LogP contribution in [0, 0.1) is 5.92 Å². The van der Waals surface area contributed by atoms with Crippen molar-refractivity contribution in [2.75, 3.05) is 59.2 Å². The number of nitrogens with zero attached hydrogens (tertiary/aromatic N) is 3. The van der Waals surface area contributed by atoms with Gasteiger partial charge >= 0.3 is 0 Å². The van der Waals surface area contributed by atoms with Gasteiger partial charge in [0.15, 0.2) is 11.5 Å². The summed E-state index contributed by atoms with van der Waals surface area (Å²) in [4.78, 5) is 31.1. The Morgan fingerprint density at radius 2 is 1.79 bits per heavy atom. The molecular formula is C21H29N3O4S. The molecule has 3 aliphatic rings. The highest BCUT2D eigenvalue weighted by Crippen LogP contribution is 2.41. The molecule has 2 amide bonds. The number of thioether (sulfide) groups is 1. The van der Waals surface area contributed by atoms with E-state index >= 15 is 0 Å². The molecule has 0 N–H and O–H groups in total. The number of hydrogen-bond acceptors (Lipinski definition) is 6. The number of methoxy groups -OCH3 is 2. The van der Waals surface area contributed by atoms with E-state index in [0.717, 1.165) is 51.1 Å². The highest BCUT2D eigenvalue weighted by atomic mass is 32.2. The van der Waals surface area contributed by atoms with Crippen molar-refractivity contribution >= 4 is 23.6 Å². The number of amides is 2. The summed E-state index contributed by atoms with van der Waals surface area (Å²) < 4.78 is 10.8. The molecule has 4 rings (SSSR count). The fourth-order valence-electron chi connectivity index (χ4n) is 4.01. The maximum Gasteiger partial charge on any atom is 0.233 e. The first-order chi connectivity index (χ1) is 14.1. The number of hydrogen-bond donors (Lipinski definition) is 0. The van der Waals surface area contributed by atoms with Gasteiger partial charge in [0.1, 0.15) is 5.37 Å². The van der Waals surface area contributed by atoms with Crippen molar-refractivity contribution in [3.8, 4) is 11.5 Å². The Balaban J connectivity index is 1.34. The lowest BCUT2D eigenvalue weighted by atomic mass is 10.1. The molecule has 8 heteroatoms. The smallest absolute Gasteiger partial charge is 0.233 e. The van der Waals surface area contributed by atoms with Gasteiger partial charge in [-0.2, -0.15) is 0 Å². The Labute approximate surface area is 176 Å². The summed E-state index contributed by atoms with van der Waals surface area (Å²) in [6.07, 6.45) is 2.12. The molecule has 158 valence electrons. The van der Waals surface area contributed by atoms with E-state index in [1.807, 2.05) is 28.0 Å². The van der Waals surface area contributed by atoms with Gasteiger partial charge in [0.2, 0.25) is 11.8 Å².